The quantitative estimate of drug-likeness (QED) is 0.00741. The number of aryl methyl sites for hydroxylation is 2. The van der Waals surface area contributed by atoms with Gasteiger partial charge in [0.15, 0.2) is 6.29 Å². The number of hydrogen-bond acceptors (Lipinski definition) is 23. The number of nitrogens with one attached hydrogen (secondary N) is 2. The molecule has 27 nitrogen and oxygen atoms in total. The minimum Gasteiger partial charge on any atom is -0.310 e. The van der Waals surface area contributed by atoms with Crippen molar-refractivity contribution in [2.75, 3.05) is 20.0 Å². The van der Waals surface area contributed by atoms with Crippen molar-refractivity contribution < 1.29 is 42.4 Å². The van der Waals surface area contributed by atoms with Gasteiger partial charge in [-0.3, -0.25) is 45.3 Å². The molecule has 0 radical (unpaired) electrons. The third kappa shape index (κ3) is 38.4. The van der Waals surface area contributed by atoms with Gasteiger partial charge in [-0.25, -0.2) is 24.9 Å². The molecule has 0 aliphatic heterocycles. The van der Waals surface area contributed by atoms with E-state index in [0.717, 1.165) is 130 Å². The molecule has 5 saturated carbocycles. The number of aldehydes is 1. The normalized spacial score (nSPS) is 14.7. The second kappa shape index (κ2) is 60.3. The van der Waals surface area contributed by atoms with Crippen LogP contribution in [0.2, 0.25) is 30.8 Å². The van der Waals surface area contributed by atoms with Gasteiger partial charge in [-0.15, -0.1) is 13.2 Å². The standard InChI is InChI=1S/C21H25N3O3.C19H32N2O.C18H19N3O3.C18H21N3O2.C12H17N.C6H5ClN2O2.C6H14Si.C2H6.O2Se/c1-2-8-20(25)18-13-14-19(24(26)27)21(22-18)23(17-11-6-7-12-17)15-16-9-4-3-5-10-16;1-4-8-18(22)17-12-11-15(13-14(3)5-2)19(21-17)20-16-9-6-7-10-16;22-13-15-10-11-17(21(23)24)18(19-15)20(16-8-4-5-9-16)12-14-6-2-1-3-7-14;1-14-11-12-17(21(22)23)18(19-14)20(16-9-5-6-10-16)13-15-7-3-2-4-8-15;1-2-6-11(7-3-1)10-13-12-8-4-5-9-12;1-4-2-3-5(9(10)11)6(7)8-4;1-5-6-7(2,3)4;1-2;1-3-2/h2-5,9-10,13-14,17,20,25H,1,6-8,11-12,15H2;11-12,14,16,18,22H,4-10,13H2,1-3H3,(H,20,21);1-3,6-7,10-11,13,16H,4-5,8-9,12H2;2-4,7-8,11-12,16H,5-6,9-10,13H2,1H3;1-3,6-7,12-13H,4-5,8-10H2;2-3H,1H3;5H,1,6H2,2-4H3;1-2H3;. The summed E-state index contributed by atoms with van der Waals surface area (Å²) >= 11 is 3.85. The Bertz CT molecular complexity index is 4980. The molecule has 5 heterocycles. The number of carbonyl (C=O) groups excluding carboxylic acids is 1. The van der Waals surface area contributed by atoms with Gasteiger partial charge in [0.05, 0.1) is 43.3 Å². The van der Waals surface area contributed by atoms with Crippen molar-refractivity contribution in [1.82, 2.24) is 30.2 Å². The molecule has 5 aliphatic carbocycles. The maximum absolute atomic E-state index is 11.7. The molecule has 132 heavy (non-hydrogen) atoms. The van der Waals surface area contributed by atoms with Gasteiger partial charge in [0.2, 0.25) is 22.6 Å². The van der Waals surface area contributed by atoms with Crippen LogP contribution in [0.3, 0.4) is 0 Å². The number of rotatable bonds is 33. The van der Waals surface area contributed by atoms with E-state index in [1.54, 1.807) is 31.2 Å². The van der Waals surface area contributed by atoms with E-state index in [4.69, 9.17) is 24.3 Å². The predicted molar refractivity (Wildman–Crippen MR) is 533 cm³/mol. The number of pyridine rings is 5. The number of hydrogen-bond donors (Lipinski definition) is 4. The minimum atomic E-state index is -1.62. The van der Waals surface area contributed by atoms with Crippen LogP contribution in [0.1, 0.15) is 262 Å². The first-order valence-corrected chi connectivity index (χ1v) is 52.2. The van der Waals surface area contributed by atoms with Crippen LogP contribution in [0.25, 0.3) is 0 Å². The van der Waals surface area contributed by atoms with Gasteiger partial charge in [-0.1, -0.05) is 282 Å². The van der Waals surface area contributed by atoms with Crippen LogP contribution in [-0.4, -0.2) is 114 Å². The van der Waals surface area contributed by atoms with E-state index in [9.17, 15) is 55.5 Å². The maximum atomic E-state index is 11.7. The molecule has 5 aliphatic rings. The summed E-state index contributed by atoms with van der Waals surface area (Å²) in [5.41, 5.74) is 8.80. The van der Waals surface area contributed by atoms with E-state index in [0.29, 0.717) is 79.2 Å². The summed E-state index contributed by atoms with van der Waals surface area (Å²) in [5, 5.41) is 72.5. The Morgan fingerprint density at radius 1 is 0.492 bits per heavy atom. The second-order valence-electron chi connectivity index (χ2n) is 34.9. The summed E-state index contributed by atoms with van der Waals surface area (Å²) in [5.74, 6) is 2.82. The number of aliphatic hydroxyl groups is 2. The second-order valence-corrected chi connectivity index (χ2v) is 41.1. The number of carbonyl (C=O) groups is 1. The zero-order chi connectivity index (χ0) is 96.3. The van der Waals surface area contributed by atoms with Crippen LogP contribution in [-0.2, 0) is 40.3 Å². The first kappa shape index (κ1) is 110. The molecule has 14 rings (SSSR count). The van der Waals surface area contributed by atoms with Gasteiger partial charge in [-0.05, 0) is 167 Å². The molecular weight excluding hydrogens is 1770 g/mol. The topological polar surface area (TPSA) is 362 Å². The monoisotopic (exact) mass is 1910 g/mol. The largest absolute Gasteiger partial charge is 0.310 e. The van der Waals surface area contributed by atoms with Gasteiger partial charge >= 0.3 is 45.2 Å². The Labute approximate surface area is 792 Å². The number of benzene rings is 4. The first-order valence-electron chi connectivity index (χ1n) is 46.7. The van der Waals surface area contributed by atoms with Crippen LogP contribution in [0, 0.1) is 60.2 Å². The third-order valence-corrected chi connectivity index (χ3v) is 25.3. The molecule has 30 heteroatoms. The van der Waals surface area contributed by atoms with Crippen molar-refractivity contribution in [2.24, 2.45) is 5.92 Å². The Kier molecular flexibility index (Phi) is 50.2. The molecule has 0 spiro atoms. The van der Waals surface area contributed by atoms with Crippen LogP contribution in [0.5, 0.6) is 0 Å². The zero-order valence-electron chi connectivity index (χ0n) is 78.8. The average Bonchev–Trinajstić information content (AvgIpc) is 1.28. The molecule has 5 aromatic heterocycles. The smallest absolute Gasteiger partial charge is 0.0208 e. The number of aliphatic hydroxyl groups excluding tert-OH is 2. The van der Waals surface area contributed by atoms with Gasteiger partial charge < -0.3 is 35.5 Å². The Balaban J connectivity index is 0.000000242. The number of allylic oxidation sites excluding steroid dienone is 1. The number of nitrogens with zero attached hydrogens (tertiary/aromatic N) is 12. The van der Waals surface area contributed by atoms with Gasteiger partial charge in [0.25, 0.3) is 0 Å². The summed E-state index contributed by atoms with van der Waals surface area (Å²) in [6.07, 6.45) is 30.9. The molecular formula is C102H139ClN14O13SeSi. The van der Waals surface area contributed by atoms with Crippen molar-refractivity contribution >= 4 is 86.8 Å². The summed E-state index contributed by atoms with van der Waals surface area (Å²) in [7, 11) is -0.775. The molecule has 3 unspecified atom stereocenters. The fourth-order valence-corrected chi connectivity index (χ4v) is 17.5. The number of aromatic nitrogens is 5. The Morgan fingerprint density at radius 3 is 1.25 bits per heavy atom. The summed E-state index contributed by atoms with van der Waals surface area (Å²) in [6, 6.07) is 59.9. The van der Waals surface area contributed by atoms with E-state index in [-0.39, 0.29) is 55.5 Å². The average molecular weight is 1910 g/mol. The fraction of sp³-hybridized carbons (Fsp3) is 0.471. The van der Waals surface area contributed by atoms with Crippen molar-refractivity contribution in [3.8, 4) is 0 Å². The zero-order valence-corrected chi connectivity index (χ0v) is 82.3. The summed E-state index contributed by atoms with van der Waals surface area (Å²) in [6.45, 7) is 31.4. The molecule has 3 atom stereocenters. The van der Waals surface area contributed by atoms with Crippen molar-refractivity contribution in [2.45, 2.75) is 303 Å². The van der Waals surface area contributed by atoms with Crippen molar-refractivity contribution in [3.63, 3.8) is 0 Å². The first-order chi connectivity index (χ1) is 63.6. The molecule has 712 valence electrons. The Hall–Kier alpha value is -10.9. The van der Waals surface area contributed by atoms with Gasteiger partial charge in [0.1, 0.15) is 11.5 Å². The molecule has 4 N–H and O–H groups in total. The van der Waals surface area contributed by atoms with E-state index < -0.39 is 44.9 Å². The molecule has 0 bridgehead atoms. The van der Waals surface area contributed by atoms with Crippen molar-refractivity contribution in [3.05, 3.63) is 309 Å². The number of anilines is 4. The van der Waals surface area contributed by atoms with E-state index in [2.05, 4.69) is 138 Å². The third-order valence-electron chi connectivity index (χ3n) is 23.5. The maximum Gasteiger partial charge on any atom is 0.0208 e. The van der Waals surface area contributed by atoms with Gasteiger partial charge in [0, 0.05) is 100 Å². The van der Waals surface area contributed by atoms with Crippen LogP contribution >= 0.6 is 11.6 Å². The van der Waals surface area contributed by atoms with E-state index in [1.165, 1.54) is 118 Å². The molecule has 4 aromatic carbocycles. The molecule has 0 amide bonds. The molecule has 0 saturated heterocycles. The van der Waals surface area contributed by atoms with Crippen LogP contribution in [0.4, 0.5) is 46.0 Å². The minimum absolute atomic E-state index is 0.0209. The van der Waals surface area contributed by atoms with Crippen LogP contribution in [0.15, 0.2) is 207 Å². The van der Waals surface area contributed by atoms with E-state index in [1.807, 2.05) is 122 Å². The van der Waals surface area contributed by atoms with Gasteiger partial charge in [-0.2, -0.15) is 0 Å². The molecule has 5 fully saturated rings. The Morgan fingerprint density at radius 2 is 0.864 bits per heavy atom. The summed E-state index contributed by atoms with van der Waals surface area (Å²) < 4.78 is 16.9. The summed E-state index contributed by atoms with van der Waals surface area (Å²) in [4.78, 5) is 82.2. The van der Waals surface area contributed by atoms with Crippen molar-refractivity contribution in [1.29, 1.82) is 0 Å². The molecule has 9 aromatic rings. The predicted octanol–water partition coefficient (Wildman–Crippen LogP) is 25.0. The SMILES string of the molecule is C=CCC(O)c1ccc([N+](=O)[O-])c(N(Cc2ccccc2)C2CCCC2)n1.C=CC[Si](C)(C)C.CC.CCCC(O)c1ccc(CC(C)CC)c(NC2CCCC2)n1.Cc1ccc([N+](=O)[O-])c(Cl)n1.Cc1ccc([N+](=O)[O-])c(N(Cc2ccccc2)C2CCCC2)n1.O=Cc1ccc([N+](=O)[O-])c(N(Cc2ccccc2)C2CCCC2)n1.O=[Se]=O.c1ccc(CNC2CCCC2)cc1. The van der Waals surface area contributed by atoms with E-state index >= 15 is 0 Å². The van der Waals surface area contributed by atoms with Crippen LogP contribution < -0.4 is 25.3 Å². The number of halogens is 1. The number of nitro groups is 4. The fourth-order valence-electron chi connectivity index (χ4n) is 16.4.